The molecule has 0 unspecified atom stereocenters. The number of nitrogens with zero attached hydrogens (tertiary/aromatic N) is 3. The highest BCUT2D eigenvalue weighted by atomic mass is 32.2. The van der Waals surface area contributed by atoms with Crippen LogP contribution in [0.15, 0.2) is 35.5 Å². The van der Waals surface area contributed by atoms with E-state index in [1.165, 1.54) is 18.4 Å². The monoisotopic (exact) mass is 332 g/mol. The molecule has 1 N–H and O–H groups in total. The van der Waals surface area contributed by atoms with Gasteiger partial charge in [-0.3, -0.25) is 0 Å². The number of rotatable bonds is 7. The second-order valence-corrected chi connectivity index (χ2v) is 6.89. The Bertz CT molecular complexity index is 596. The van der Waals surface area contributed by atoms with Gasteiger partial charge in [0.2, 0.25) is 0 Å². The molecule has 5 nitrogen and oxygen atoms in total. The zero-order chi connectivity index (χ0) is 15.9. The topological polar surface area (TPSA) is 52.0 Å². The summed E-state index contributed by atoms with van der Waals surface area (Å²) in [5, 5.41) is 13.2. The fourth-order valence-electron chi connectivity index (χ4n) is 2.84. The Morgan fingerprint density at radius 3 is 2.96 bits per heavy atom. The van der Waals surface area contributed by atoms with E-state index in [0.29, 0.717) is 19.1 Å². The Morgan fingerprint density at radius 1 is 1.30 bits per heavy atom. The van der Waals surface area contributed by atoms with Crippen molar-refractivity contribution in [2.45, 2.75) is 30.5 Å². The third-order valence-electron chi connectivity index (χ3n) is 4.10. The van der Waals surface area contributed by atoms with E-state index in [1.807, 2.05) is 18.2 Å². The van der Waals surface area contributed by atoms with Crippen molar-refractivity contribution in [3.8, 4) is 0 Å². The van der Waals surface area contributed by atoms with Crippen LogP contribution < -0.4 is 5.32 Å². The molecular weight excluding hydrogens is 308 g/mol. The van der Waals surface area contributed by atoms with Crippen molar-refractivity contribution in [1.29, 1.82) is 0 Å². The summed E-state index contributed by atoms with van der Waals surface area (Å²) in [7, 11) is 2.07. The van der Waals surface area contributed by atoms with Crippen LogP contribution in [0.3, 0.4) is 0 Å². The van der Waals surface area contributed by atoms with Crippen molar-refractivity contribution >= 4 is 11.8 Å². The van der Waals surface area contributed by atoms with Crippen LogP contribution in [0.1, 0.15) is 30.1 Å². The zero-order valence-corrected chi connectivity index (χ0v) is 14.4. The van der Waals surface area contributed by atoms with Gasteiger partial charge in [-0.1, -0.05) is 42.1 Å². The highest BCUT2D eigenvalue weighted by molar-refractivity contribution is 7.99. The van der Waals surface area contributed by atoms with Crippen molar-refractivity contribution in [2.24, 2.45) is 7.05 Å². The molecule has 1 aliphatic heterocycles. The van der Waals surface area contributed by atoms with E-state index in [4.69, 9.17) is 4.74 Å². The predicted molar refractivity (Wildman–Crippen MR) is 92.7 cm³/mol. The molecule has 1 fully saturated rings. The maximum Gasteiger partial charge on any atom is 0.191 e. The number of benzene rings is 1. The third-order valence-corrected chi connectivity index (χ3v) is 5.09. The lowest BCUT2D eigenvalue weighted by Gasteiger charge is -2.21. The van der Waals surface area contributed by atoms with Gasteiger partial charge in [0.15, 0.2) is 5.16 Å². The van der Waals surface area contributed by atoms with Gasteiger partial charge < -0.3 is 14.6 Å². The van der Waals surface area contributed by atoms with Crippen LogP contribution in [0.2, 0.25) is 0 Å². The minimum atomic E-state index is 0.491. The number of piperidine rings is 1. The lowest BCUT2D eigenvalue weighted by Crippen LogP contribution is -2.29. The van der Waals surface area contributed by atoms with Gasteiger partial charge in [0.1, 0.15) is 5.82 Å². The van der Waals surface area contributed by atoms with E-state index >= 15 is 0 Å². The summed E-state index contributed by atoms with van der Waals surface area (Å²) in [6, 6.07) is 10.3. The van der Waals surface area contributed by atoms with Gasteiger partial charge in [-0.15, -0.1) is 10.2 Å². The van der Waals surface area contributed by atoms with E-state index < -0.39 is 0 Å². The van der Waals surface area contributed by atoms with Gasteiger partial charge in [-0.25, -0.2) is 0 Å². The van der Waals surface area contributed by atoms with Crippen LogP contribution in [-0.4, -0.2) is 40.2 Å². The summed E-state index contributed by atoms with van der Waals surface area (Å²) in [6.07, 6.45) is 2.41. The lowest BCUT2D eigenvalue weighted by molar-refractivity contribution is 0.136. The Morgan fingerprint density at radius 2 is 2.17 bits per heavy atom. The molecule has 124 valence electrons. The minimum Gasteiger partial charge on any atom is -0.376 e. The third kappa shape index (κ3) is 4.56. The molecule has 23 heavy (non-hydrogen) atoms. The van der Waals surface area contributed by atoms with Gasteiger partial charge in [0.05, 0.1) is 13.2 Å². The second-order valence-electron chi connectivity index (χ2n) is 5.83. The molecular formula is C17H24N4OS. The quantitative estimate of drug-likeness (QED) is 0.624. The van der Waals surface area contributed by atoms with Crippen LogP contribution in [0.4, 0.5) is 0 Å². The lowest BCUT2D eigenvalue weighted by atomic mass is 9.99. The molecule has 6 heteroatoms. The minimum absolute atomic E-state index is 0.491. The highest BCUT2D eigenvalue weighted by Crippen LogP contribution is 2.24. The van der Waals surface area contributed by atoms with Crippen LogP contribution in [-0.2, 0) is 18.4 Å². The van der Waals surface area contributed by atoms with Gasteiger partial charge >= 0.3 is 0 Å². The maximum atomic E-state index is 5.72. The normalized spacial score (nSPS) is 18.2. The molecule has 3 rings (SSSR count). The first-order valence-corrected chi connectivity index (χ1v) is 9.17. The molecule has 1 aromatic carbocycles. The fraction of sp³-hybridized carbons (Fsp3) is 0.529. The molecule has 1 atom stereocenters. The van der Waals surface area contributed by atoms with Gasteiger partial charge in [0.25, 0.3) is 0 Å². The van der Waals surface area contributed by atoms with Crippen LogP contribution in [0, 0.1) is 0 Å². The average molecular weight is 332 g/mol. The molecule has 0 saturated carbocycles. The predicted octanol–water partition coefficient (Wildman–Crippen LogP) is 2.59. The Hall–Kier alpha value is -1.37. The number of hydrogen-bond acceptors (Lipinski definition) is 5. The Balaban J connectivity index is 1.42. The molecule has 1 aliphatic rings. The average Bonchev–Trinajstić information content (AvgIpc) is 2.97. The second kappa shape index (κ2) is 8.47. The highest BCUT2D eigenvalue weighted by Gasteiger charge is 2.21. The Labute approximate surface area is 141 Å². The maximum absolute atomic E-state index is 5.72. The van der Waals surface area contributed by atoms with Gasteiger partial charge in [-0.05, 0) is 24.9 Å². The van der Waals surface area contributed by atoms with E-state index in [0.717, 1.165) is 29.8 Å². The van der Waals surface area contributed by atoms with Crippen molar-refractivity contribution in [3.63, 3.8) is 0 Å². The summed E-state index contributed by atoms with van der Waals surface area (Å²) in [5.74, 6) is 2.48. The first-order valence-electron chi connectivity index (χ1n) is 8.19. The number of ether oxygens (including phenoxy) is 1. The molecule has 0 bridgehead atoms. The standard InChI is InChI=1S/C17H24N4OS/c1-21-16(15-8-5-9-18-12-15)19-20-17(21)23-11-10-22-13-14-6-3-2-4-7-14/h2-4,6-7,15,18H,5,8-13H2,1H3/t15-/m0/s1. The number of thioether (sulfide) groups is 1. The molecule has 0 amide bonds. The van der Waals surface area contributed by atoms with E-state index in [9.17, 15) is 0 Å². The Kier molecular flexibility index (Phi) is 6.07. The van der Waals surface area contributed by atoms with E-state index in [2.05, 4.69) is 39.3 Å². The van der Waals surface area contributed by atoms with Crippen molar-refractivity contribution in [3.05, 3.63) is 41.7 Å². The summed E-state index contributed by atoms with van der Waals surface area (Å²) < 4.78 is 7.85. The first kappa shape index (κ1) is 16.5. The summed E-state index contributed by atoms with van der Waals surface area (Å²) in [4.78, 5) is 0. The molecule has 2 aromatic rings. The largest absolute Gasteiger partial charge is 0.376 e. The van der Waals surface area contributed by atoms with E-state index in [1.54, 1.807) is 11.8 Å². The van der Waals surface area contributed by atoms with E-state index in [-0.39, 0.29) is 0 Å². The van der Waals surface area contributed by atoms with Gasteiger partial charge in [-0.2, -0.15) is 0 Å². The van der Waals surface area contributed by atoms with Crippen molar-refractivity contribution in [2.75, 3.05) is 25.4 Å². The van der Waals surface area contributed by atoms with Crippen molar-refractivity contribution in [1.82, 2.24) is 20.1 Å². The summed E-state index contributed by atoms with van der Waals surface area (Å²) in [5.41, 5.74) is 1.21. The summed E-state index contributed by atoms with van der Waals surface area (Å²) in [6.45, 7) is 3.51. The van der Waals surface area contributed by atoms with Gasteiger partial charge in [0, 0.05) is 25.3 Å². The number of hydrogen-bond donors (Lipinski definition) is 1. The van der Waals surface area contributed by atoms with Crippen molar-refractivity contribution < 1.29 is 4.74 Å². The van der Waals surface area contributed by atoms with Crippen LogP contribution >= 0.6 is 11.8 Å². The molecule has 0 radical (unpaired) electrons. The van der Waals surface area contributed by atoms with Crippen LogP contribution in [0.5, 0.6) is 0 Å². The molecule has 1 saturated heterocycles. The summed E-state index contributed by atoms with van der Waals surface area (Å²) >= 11 is 1.71. The first-order chi connectivity index (χ1) is 11.3. The van der Waals surface area contributed by atoms with Crippen LogP contribution in [0.25, 0.3) is 0 Å². The smallest absolute Gasteiger partial charge is 0.191 e. The molecule has 1 aromatic heterocycles. The fourth-order valence-corrected chi connectivity index (χ4v) is 3.61. The SMILES string of the molecule is Cn1c(SCCOCc2ccccc2)nnc1[C@H]1CCCNC1. The number of nitrogens with one attached hydrogen (secondary N) is 1. The zero-order valence-electron chi connectivity index (χ0n) is 13.6. The molecule has 0 aliphatic carbocycles. The molecule has 0 spiro atoms. The number of aromatic nitrogens is 3. The molecule has 2 heterocycles.